The minimum atomic E-state index is -0.443. The zero-order valence-corrected chi connectivity index (χ0v) is 15.7. The third kappa shape index (κ3) is 3.98. The molecule has 8 heteroatoms. The van der Waals surface area contributed by atoms with E-state index >= 15 is 0 Å². The standard InChI is InChI=1S/C19H17ClN2O5/c1-24-16-8-13(9-17(25-2)18(16)26-3)21-19(23)14-10-15(27-22-14)11-5-4-6-12(20)7-11/h4-10H,1-3H3,(H,21,23). The molecule has 3 aromatic rings. The van der Waals surface area contributed by atoms with Gasteiger partial charge in [-0.2, -0.15) is 0 Å². The van der Waals surface area contributed by atoms with Crippen molar-refractivity contribution < 1.29 is 23.5 Å². The fraction of sp³-hybridized carbons (Fsp3) is 0.158. The highest BCUT2D eigenvalue weighted by Crippen LogP contribution is 2.40. The average molecular weight is 389 g/mol. The number of halogens is 1. The summed E-state index contributed by atoms with van der Waals surface area (Å²) in [6.45, 7) is 0. The number of hydrogen-bond acceptors (Lipinski definition) is 6. The molecule has 1 heterocycles. The number of rotatable bonds is 6. The van der Waals surface area contributed by atoms with Crippen LogP contribution in [0.1, 0.15) is 10.5 Å². The second-order valence-electron chi connectivity index (χ2n) is 5.45. The quantitative estimate of drug-likeness (QED) is 0.678. The minimum Gasteiger partial charge on any atom is -0.493 e. The van der Waals surface area contributed by atoms with E-state index in [1.54, 1.807) is 36.4 Å². The third-order valence-corrected chi connectivity index (χ3v) is 4.01. The first kappa shape index (κ1) is 18.6. The molecule has 0 unspecified atom stereocenters. The lowest BCUT2D eigenvalue weighted by Gasteiger charge is -2.14. The van der Waals surface area contributed by atoms with Gasteiger partial charge < -0.3 is 24.1 Å². The number of amides is 1. The summed E-state index contributed by atoms with van der Waals surface area (Å²) in [5, 5.41) is 7.11. The molecular weight excluding hydrogens is 372 g/mol. The molecule has 0 saturated heterocycles. The lowest BCUT2D eigenvalue weighted by Crippen LogP contribution is -2.12. The molecule has 0 aliphatic carbocycles. The molecule has 1 N–H and O–H groups in total. The molecule has 0 atom stereocenters. The van der Waals surface area contributed by atoms with Crippen molar-refractivity contribution >= 4 is 23.2 Å². The molecule has 7 nitrogen and oxygen atoms in total. The van der Waals surface area contributed by atoms with Crippen molar-refractivity contribution in [2.24, 2.45) is 0 Å². The number of carbonyl (C=O) groups is 1. The van der Waals surface area contributed by atoms with E-state index in [1.165, 1.54) is 21.3 Å². The van der Waals surface area contributed by atoms with Crippen LogP contribution in [0.15, 0.2) is 47.0 Å². The van der Waals surface area contributed by atoms with E-state index in [2.05, 4.69) is 10.5 Å². The first-order valence-corrected chi connectivity index (χ1v) is 8.27. The van der Waals surface area contributed by atoms with E-state index < -0.39 is 5.91 Å². The number of aromatic nitrogens is 1. The molecule has 0 fully saturated rings. The van der Waals surface area contributed by atoms with Crippen molar-refractivity contribution in [2.75, 3.05) is 26.6 Å². The van der Waals surface area contributed by atoms with Crippen molar-refractivity contribution in [3.63, 3.8) is 0 Å². The van der Waals surface area contributed by atoms with Crippen molar-refractivity contribution in [2.45, 2.75) is 0 Å². The third-order valence-electron chi connectivity index (χ3n) is 3.77. The van der Waals surface area contributed by atoms with Crippen LogP contribution >= 0.6 is 11.6 Å². The van der Waals surface area contributed by atoms with Crippen LogP contribution in [0, 0.1) is 0 Å². The van der Waals surface area contributed by atoms with E-state index in [9.17, 15) is 4.79 Å². The Labute approximate surface area is 160 Å². The number of methoxy groups -OCH3 is 3. The normalized spacial score (nSPS) is 10.4. The average Bonchev–Trinajstić information content (AvgIpc) is 3.17. The molecule has 0 aliphatic rings. The molecule has 1 amide bonds. The first-order valence-electron chi connectivity index (χ1n) is 7.89. The van der Waals surface area contributed by atoms with E-state index in [0.29, 0.717) is 33.7 Å². The Morgan fingerprint density at radius 2 is 1.74 bits per heavy atom. The second kappa shape index (κ2) is 8.01. The van der Waals surface area contributed by atoms with Crippen LogP contribution in [0.2, 0.25) is 5.02 Å². The van der Waals surface area contributed by atoms with Gasteiger partial charge in [0.2, 0.25) is 5.75 Å². The number of nitrogens with zero attached hydrogens (tertiary/aromatic N) is 1. The summed E-state index contributed by atoms with van der Waals surface area (Å²) >= 11 is 5.98. The molecule has 0 saturated carbocycles. The predicted octanol–water partition coefficient (Wildman–Crippen LogP) is 4.27. The molecule has 0 radical (unpaired) electrons. The molecule has 1 aromatic heterocycles. The summed E-state index contributed by atoms with van der Waals surface area (Å²) in [5.74, 6) is 1.27. The predicted molar refractivity (Wildman–Crippen MR) is 101 cm³/mol. The second-order valence-corrected chi connectivity index (χ2v) is 5.89. The van der Waals surface area contributed by atoms with Gasteiger partial charge in [-0.25, -0.2) is 0 Å². The van der Waals surface area contributed by atoms with E-state index in [0.717, 1.165) is 5.56 Å². The summed E-state index contributed by atoms with van der Waals surface area (Å²) in [4.78, 5) is 12.5. The summed E-state index contributed by atoms with van der Waals surface area (Å²) in [6, 6.07) is 11.9. The summed E-state index contributed by atoms with van der Waals surface area (Å²) in [7, 11) is 4.50. The maximum absolute atomic E-state index is 12.5. The van der Waals surface area contributed by atoms with Crippen LogP contribution in [-0.2, 0) is 0 Å². The van der Waals surface area contributed by atoms with Crippen molar-refractivity contribution in [3.8, 4) is 28.6 Å². The molecule has 0 spiro atoms. The highest BCUT2D eigenvalue weighted by Gasteiger charge is 2.18. The van der Waals surface area contributed by atoms with Gasteiger partial charge in [0, 0.05) is 34.5 Å². The van der Waals surface area contributed by atoms with E-state index in [-0.39, 0.29) is 5.69 Å². The van der Waals surface area contributed by atoms with Crippen LogP contribution in [0.25, 0.3) is 11.3 Å². The van der Waals surface area contributed by atoms with Gasteiger partial charge in [0.15, 0.2) is 23.0 Å². The Balaban J connectivity index is 1.84. The van der Waals surface area contributed by atoms with E-state index in [1.807, 2.05) is 6.07 Å². The molecule has 3 rings (SSSR count). The Morgan fingerprint density at radius 1 is 1.04 bits per heavy atom. The lowest BCUT2D eigenvalue weighted by atomic mass is 10.1. The summed E-state index contributed by atoms with van der Waals surface area (Å²) in [5.41, 5.74) is 1.31. The Kier molecular flexibility index (Phi) is 5.52. The molecular formula is C19H17ClN2O5. The van der Waals surface area contributed by atoms with Gasteiger partial charge in [-0.1, -0.05) is 28.9 Å². The SMILES string of the molecule is COc1cc(NC(=O)c2cc(-c3cccc(Cl)c3)on2)cc(OC)c1OC. The van der Waals surface area contributed by atoms with Crippen molar-refractivity contribution in [1.29, 1.82) is 0 Å². The number of nitrogens with one attached hydrogen (secondary N) is 1. The first-order chi connectivity index (χ1) is 13.0. The Hall–Kier alpha value is -3.19. The lowest BCUT2D eigenvalue weighted by molar-refractivity contribution is 0.101. The van der Waals surface area contributed by atoms with Crippen LogP contribution in [0.5, 0.6) is 17.2 Å². The van der Waals surface area contributed by atoms with Gasteiger partial charge in [-0.15, -0.1) is 0 Å². The van der Waals surface area contributed by atoms with Gasteiger partial charge in [0.1, 0.15) is 0 Å². The smallest absolute Gasteiger partial charge is 0.277 e. The molecule has 140 valence electrons. The number of benzene rings is 2. The largest absolute Gasteiger partial charge is 0.493 e. The van der Waals surface area contributed by atoms with Crippen LogP contribution in [-0.4, -0.2) is 32.4 Å². The van der Waals surface area contributed by atoms with Gasteiger partial charge in [-0.05, 0) is 12.1 Å². The van der Waals surface area contributed by atoms with Gasteiger partial charge in [0.25, 0.3) is 5.91 Å². The van der Waals surface area contributed by atoms with Crippen molar-refractivity contribution in [3.05, 3.63) is 53.2 Å². The number of carbonyl (C=O) groups excluding carboxylic acids is 1. The van der Waals surface area contributed by atoms with Crippen LogP contribution < -0.4 is 19.5 Å². The maximum Gasteiger partial charge on any atom is 0.277 e. The van der Waals surface area contributed by atoms with Crippen LogP contribution in [0.4, 0.5) is 5.69 Å². The molecule has 2 aromatic carbocycles. The number of hydrogen-bond donors (Lipinski definition) is 1. The van der Waals surface area contributed by atoms with E-state index in [4.69, 9.17) is 30.3 Å². The Morgan fingerprint density at radius 3 is 2.33 bits per heavy atom. The summed E-state index contributed by atoms with van der Waals surface area (Å²) < 4.78 is 21.1. The molecule has 0 bridgehead atoms. The van der Waals surface area contributed by atoms with Crippen molar-refractivity contribution in [1.82, 2.24) is 5.16 Å². The minimum absolute atomic E-state index is 0.124. The topological polar surface area (TPSA) is 82.8 Å². The monoisotopic (exact) mass is 388 g/mol. The fourth-order valence-electron chi connectivity index (χ4n) is 2.51. The molecule has 27 heavy (non-hydrogen) atoms. The van der Waals surface area contributed by atoms with Gasteiger partial charge in [-0.3, -0.25) is 4.79 Å². The zero-order chi connectivity index (χ0) is 19.4. The van der Waals surface area contributed by atoms with Gasteiger partial charge in [0.05, 0.1) is 21.3 Å². The number of ether oxygens (including phenoxy) is 3. The summed E-state index contributed by atoms with van der Waals surface area (Å²) in [6.07, 6.45) is 0. The maximum atomic E-state index is 12.5. The van der Waals surface area contributed by atoms with Gasteiger partial charge >= 0.3 is 0 Å². The molecule has 0 aliphatic heterocycles. The zero-order valence-electron chi connectivity index (χ0n) is 14.9. The Bertz CT molecular complexity index is 945. The highest BCUT2D eigenvalue weighted by atomic mass is 35.5. The highest BCUT2D eigenvalue weighted by molar-refractivity contribution is 6.30. The number of anilines is 1. The van der Waals surface area contributed by atoms with Crippen LogP contribution in [0.3, 0.4) is 0 Å². The fourth-order valence-corrected chi connectivity index (χ4v) is 2.70.